The summed E-state index contributed by atoms with van der Waals surface area (Å²) in [6.45, 7) is 2.09. The van der Waals surface area contributed by atoms with Crippen LogP contribution in [0.3, 0.4) is 0 Å². The predicted octanol–water partition coefficient (Wildman–Crippen LogP) is 5.73. The molecule has 4 rings (SSSR count). The summed E-state index contributed by atoms with van der Waals surface area (Å²) in [5, 5.41) is 3.72. The first-order chi connectivity index (χ1) is 13.2. The molecule has 0 saturated heterocycles. The van der Waals surface area contributed by atoms with Gasteiger partial charge in [0, 0.05) is 21.8 Å². The van der Waals surface area contributed by atoms with Gasteiger partial charge in [0.25, 0.3) is 0 Å². The molecule has 3 nitrogen and oxygen atoms in total. The molecule has 0 aliphatic heterocycles. The molecule has 2 aromatic carbocycles. The van der Waals surface area contributed by atoms with E-state index in [0.29, 0.717) is 6.42 Å². The molecule has 27 heavy (non-hydrogen) atoms. The zero-order valence-electron chi connectivity index (χ0n) is 15.3. The molecule has 0 fully saturated rings. The molecular formula is C22H22N2OS2. The molecule has 1 aliphatic carbocycles. The van der Waals surface area contributed by atoms with Gasteiger partial charge in [0.05, 0.1) is 5.69 Å². The van der Waals surface area contributed by atoms with Gasteiger partial charge >= 0.3 is 0 Å². The molecule has 138 valence electrons. The number of thioether (sulfide) groups is 1. The van der Waals surface area contributed by atoms with E-state index in [1.54, 1.807) is 23.1 Å². The molecule has 3 aromatic rings. The second-order valence-corrected chi connectivity index (χ2v) is 9.01. The normalized spacial score (nSPS) is 12.3. The Morgan fingerprint density at radius 1 is 1.15 bits per heavy atom. The van der Waals surface area contributed by atoms with Crippen LogP contribution < -0.4 is 5.32 Å². The summed E-state index contributed by atoms with van der Waals surface area (Å²) in [6, 6.07) is 16.9. The quantitative estimate of drug-likeness (QED) is 0.429. The van der Waals surface area contributed by atoms with E-state index in [1.165, 1.54) is 26.5 Å². The summed E-state index contributed by atoms with van der Waals surface area (Å²) in [7, 11) is 0. The number of hydrogen-bond acceptors (Lipinski definition) is 4. The Balaban J connectivity index is 1.29. The minimum absolute atomic E-state index is 0.0545. The Kier molecular flexibility index (Phi) is 5.60. The molecular weight excluding hydrogens is 372 g/mol. The van der Waals surface area contributed by atoms with Crippen molar-refractivity contribution in [2.75, 3.05) is 11.1 Å². The van der Waals surface area contributed by atoms with E-state index in [1.807, 2.05) is 0 Å². The van der Waals surface area contributed by atoms with Crippen LogP contribution in [0.2, 0.25) is 0 Å². The van der Waals surface area contributed by atoms with Crippen molar-refractivity contribution in [2.45, 2.75) is 37.5 Å². The number of nitrogens with one attached hydrogen (secondary N) is 1. The number of anilines is 1. The summed E-state index contributed by atoms with van der Waals surface area (Å²) in [5.41, 5.74) is 4.88. The molecule has 1 heterocycles. The van der Waals surface area contributed by atoms with Crippen LogP contribution in [0.4, 0.5) is 5.13 Å². The lowest BCUT2D eigenvalue weighted by atomic mass is 9.94. The fraction of sp³-hybridized carbons (Fsp3) is 0.273. The van der Waals surface area contributed by atoms with Gasteiger partial charge in [-0.1, -0.05) is 42.0 Å². The van der Waals surface area contributed by atoms with Crippen LogP contribution in [-0.2, 0) is 17.6 Å². The lowest BCUT2D eigenvalue weighted by molar-refractivity contribution is -0.116. The molecule has 0 spiro atoms. The third kappa shape index (κ3) is 4.42. The van der Waals surface area contributed by atoms with E-state index >= 15 is 0 Å². The highest BCUT2D eigenvalue weighted by atomic mass is 32.2. The van der Waals surface area contributed by atoms with E-state index in [2.05, 4.69) is 60.8 Å². The van der Waals surface area contributed by atoms with Gasteiger partial charge in [0.2, 0.25) is 5.91 Å². The third-order valence-corrected chi connectivity index (χ3v) is 6.80. The van der Waals surface area contributed by atoms with Crippen LogP contribution in [-0.4, -0.2) is 16.6 Å². The molecule has 1 aromatic heterocycles. The highest BCUT2D eigenvalue weighted by Gasteiger charge is 2.21. The first kappa shape index (κ1) is 18.3. The lowest BCUT2D eigenvalue weighted by Crippen LogP contribution is -2.11. The molecule has 1 aliphatic rings. The Bertz CT molecular complexity index is 947. The van der Waals surface area contributed by atoms with Gasteiger partial charge in [-0.05, 0) is 49.6 Å². The molecule has 1 amide bonds. The summed E-state index contributed by atoms with van der Waals surface area (Å²) < 4.78 is 0. The number of fused-ring (bicyclic) bond motifs is 3. The second-order valence-electron chi connectivity index (χ2n) is 6.76. The molecule has 0 unspecified atom stereocenters. The molecule has 0 radical (unpaired) electrons. The number of aryl methyl sites for hydroxylation is 3. The number of benzene rings is 2. The highest BCUT2D eigenvalue weighted by Crippen LogP contribution is 2.37. The van der Waals surface area contributed by atoms with E-state index in [9.17, 15) is 4.79 Å². The maximum Gasteiger partial charge on any atom is 0.226 e. The molecule has 1 N–H and O–H groups in total. The number of carbonyl (C=O) groups excluding carboxylic acids is 1. The number of hydrogen-bond donors (Lipinski definition) is 1. The second kappa shape index (κ2) is 8.28. The number of amides is 1. The van der Waals surface area contributed by atoms with Crippen LogP contribution >= 0.6 is 23.1 Å². The standard InChI is InChI=1S/C22H22N2OS2/c1-15-8-11-17(12-9-15)26-14-4-7-20(25)23-22-24-21-18-6-3-2-5-16(18)10-13-19(21)27-22/h2-3,5-6,8-9,11-12H,4,7,10,13-14H2,1H3,(H,23,24,25). The zero-order chi connectivity index (χ0) is 18.6. The topological polar surface area (TPSA) is 42.0 Å². The molecule has 0 bridgehead atoms. The van der Waals surface area contributed by atoms with Crippen molar-refractivity contribution in [3.8, 4) is 11.3 Å². The van der Waals surface area contributed by atoms with E-state index in [4.69, 9.17) is 4.98 Å². The molecule has 0 atom stereocenters. The maximum atomic E-state index is 12.3. The molecule has 0 saturated carbocycles. The predicted molar refractivity (Wildman–Crippen MR) is 115 cm³/mol. The van der Waals surface area contributed by atoms with Gasteiger partial charge in [-0.2, -0.15) is 0 Å². The Morgan fingerprint density at radius 2 is 1.96 bits per heavy atom. The van der Waals surface area contributed by atoms with Crippen molar-refractivity contribution in [1.29, 1.82) is 0 Å². The van der Waals surface area contributed by atoms with Crippen molar-refractivity contribution < 1.29 is 4.79 Å². The summed E-state index contributed by atoms with van der Waals surface area (Å²) in [4.78, 5) is 19.5. The minimum atomic E-state index is 0.0545. The van der Waals surface area contributed by atoms with Gasteiger partial charge < -0.3 is 5.32 Å². The number of aromatic nitrogens is 1. The van der Waals surface area contributed by atoms with Gasteiger partial charge in [0.1, 0.15) is 0 Å². The maximum absolute atomic E-state index is 12.3. The number of thiazole rings is 1. The highest BCUT2D eigenvalue weighted by molar-refractivity contribution is 7.99. The Labute approximate surface area is 168 Å². The van der Waals surface area contributed by atoms with Crippen LogP contribution in [0, 0.1) is 6.92 Å². The monoisotopic (exact) mass is 394 g/mol. The van der Waals surface area contributed by atoms with Crippen LogP contribution in [0.5, 0.6) is 0 Å². The minimum Gasteiger partial charge on any atom is -0.302 e. The fourth-order valence-corrected chi connectivity index (χ4v) is 5.09. The first-order valence-corrected chi connectivity index (χ1v) is 11.1. The smallest absolute Gasteiger partial charge is 0.226 e. The van der Waals surface area contributed by atoms with E-state index in [-0.39, 0.29) is 5.91 Å². The number of rotatable bonds is 6. The van der Waals surface area contributed by atoms with Gasteiger partial charge in [0.15, 0.2) is 5.13 Å². The lowest BCUT2D eigenvalue weighted by Gasteiger charge is -2.13. The average molecular weight is 395 g/mol. The third-order valence-electron chi connectivity index (χ3n) is 4.68. The SMILES string of the molecule is Cc1ccc(SCCCC(=O)Nc2nc3c(s2)CCc2ccccc2-3)cc1. The van der Waals surface area contributed by atoms with E-state index in [0.717, 1.165) is 35.8 Å². The van der Waals surface area contributed by atoms with Crippen molar-refractivity contribution in [2.24, 2.45) is 0 Å². The number of carbonyl (C=O) groups is 1. The average Bonchev–Trinajstić information content (AvgIpc) is 3.09. The fourth-order valence-electron chi connectivity index (χ4n) is 3.24. The first-order valence-electron chi connectivity index (χ1n) is 9.26. The van der Waals surface area contributed by atoms with Gasteiger partial charge in [-0.15, -0.1) is 23.1 Å². The molecule has 5 heteroatoms. The van der Waals surface area contributed by atoms with Crippen molar-refractivity contribution in [1.82, 2.24) is 4.98 Å². The summed E-state index contributed by atoms with van der Waals surface area (Å²) in [5.74, 6) is 0.997. The summed E-state index contributed by atoms with van der Waals surface area (Å²) in [6.07, 6.45) is 3.44. The zero-order valence-corrected chi connectivity index (χ0v) is 17.0. The van der Waals surface area contributed by atoms with Crippen molar-refractivity contribution >= 4 is 34.1 Å². The van der Waals surface area contributed by atoms with Gasteiger partial charge in [-0.3, -0.25) is 4.79 Å². The van der Waals surface area contributed by atoms with Crippen LogP contribution in [0.1, 0.15) is 28.8 Å². The van der Waals surface area contributed by atoms with Crippen molar-refractivity contribution in [3.63, 3.8) is 0 Å². The van der Waals surface area contributed by atoms with Crippen LogP contribution in [0.15, 0.2) is 53.4 Å². The van der Waals surface area contributed by atoms with E-state index < -0.39 is 0 Å². The Morgan fingerprint density at radius 3 is 2.81 bits per heavy atom. The van der Waals surface area contributed by atoms with Crippen molar-refractivity contribution in [3.05, 3.63) is 64.5 Å². The number of nitrogens with zero attached hydrogens (tertiary/aromatic N) is 1. The van der Waals surface area contributed by atoms with Gasteiger partial charge in [-0.25, -0.2) is 4.98 Å². The largest absolute Gasteiger partial charge is 0.302 e. The Hall–Kier alpha value is -2.11. The summed E-state index contributed by atoms with van der Waals surface area (Å²) >= 11 is 3.42. The van der Waals surface area contributed by atoms with Crippen LogP contribution in [0.25, 0.3) is 11.3 Å².